The van der Waals surface area contributed by atoms with Crippen LogP contribution in [0.15, 0.2) is 509 Å². The van der Waals surface area contributed by atoms with Crippen molar-refractivity contribution in [1.82, 2.24) is 33.6 Å². The molecule has 0 aliphatic carbocycles. The van der Waals surface area contributed by atoms with E-state index in [1.807, 2.05) is 60.7 Å². The number of nitrogens with zero attached hydrogens (tertiary/aromatic N) is 7. The molecule has 0 bridgehead atoms. The average molecular weight is 1850 g/mol. The summed E-state index contributed by atoms with van der Waals surface area (Å²) < 4.78 is 33.1. The van der Waals surface area contributed by atoms with E-state index in [4.69, 9.17) is 37.6 Å². The van der Waals surface area contributed by atoms with Gasteiger partial charge in [-0.15, -0.1) is 0 Å². The van der Waals surface area contributed by atoms with Gasteiger partial charge in [0.15, 0.2) is 5.82 Å². The van der Waals surface area contributed by atoms with Crippen LogP contribution < -0.4 is 0 Å². The molecule has 676 valence electrons. The number of rotatable bonds is 11. The van der Waals surface area contributed by atoms with E-state index in [-0.39, 0.29) is 0 Å². The maximum absolute atomic E-state index is 6.68. The van der Waals surface area contributed by atoms with Gasteiger partial charge in [0.25, 0.3) is 0 Å². The molecule has 0 amide bonds. The summed E-state index contributed by atoms with van der Waals surface area (Å²) in [6, 6.07) is 173. The molecular weight excluding hydrogens is 1770 g/mol. The van der Waals surface area contributed by atoms with Crippen molar-refractivity contribution in [2.45, 2.75) is 0 Å². The van der Waals surface area contributed by atoms with Gasteiger partial charge >= 0.3 is 0 Å². The fourth-order valence-electron chi connectivity index (χ4n) is 22.4. The van der Waals surface area contributed by atoms with Gasteiger partial charge in [-0.2, -0.15) is 0 Å². The standard InChI is InChI=1S/C50H29N3O2.C45H28N2O.C39H24N2O/c1-2-11-30(12-3-1)50-51-41-17-7-4-15-36(41)49(52-50)38-16-10-20-46-48(38)37-24-23-33(29-47(37)55-46)53-42-18-8-5-13-34(42)39-27-31(21-25-43(39)53)32-22-26-45-40(28-32)35-14-6-9-19-44(35)54-45;1-3-12-29(13-4-1)31-22-24-35-34-17-8-10-20-41(34)47(42(35)26-31)32-23-25-37-44(27-32)48-43-21-11-18-36(45(37)43)38-28-40(30-14-5-2-6-15-30)46-39-19-9-7-16-33(38)39;1-2-11-25(12-3-1)34-24-32(27-13-4-7-17-33(27)40-34)30-16-10-20-37-39(30)31-22-21-26(23-38(31)42-37)41-35-18-8-5-14-28(35)29-15-6-9-19-36(29)41/h1-29H;1-28H;1-24H. The highest BCUT2D eigenvalue weighted by Crippen LogP contribution is 2.49. The fourth-order valence-corrected chi connectivity index (χ4v) is 22.4. The summed E-state index contributed by atoms with van der Waals surface area (Å²) in [5, 5.41) is 19.4. The molecule has 0 radical (unpaired) electrons. The van der Waals surface area contributed by atoms with E-state index in [0.717, 1.165) is 221 Å². The van der Waals surface area contributed by atoms with Crippen molar-refractivity contribution in [2.24, 2.45) is 0 Å². The topological polar surface area (TPSA) is 119 Å². The van der Waals surface area contributed by atoms with Crippen molar-refractivity contribution in [2.75, 3.05) is 0 Å². The second-order valence-electron chi connectivity index (χ2n) is 37.3. The van der Waals surface area contributed by atoms with Gasteiger partial charge in [-0.3, -0.25) is 0 Å². The molecule has 0 aliphatic rings. The molecule has 0 N–H and O–H groups in total. The Kier molecular flexibility index (Phi) is 19.1. The molecule has 10 aromatic heterocycles. The van der Waals surface area contributed by atoms with Crippen molar-refractivity contribution in [3.8, 4) is 107 Å². The molecule has 11 heteroatoms. The van der Waals surface area contributed by atoms with Crippen LogP contribution in [-0.2, 0) is 0 Å². The van der Waals surface area contributed by atoms with Crippen molar-refractivity contribution in [3.63, 3.8) is 0 Å². The first kappa shape index (κ1) is 82.5. The van der Waals surface area contributed by atoms with E-state index in [9.17, 15) is 0 Å². The highest BCUT2D eigenvalue weighted by Gasteiger charge is 2.26. The Morgan fingerprint density at radius 2 is 0.483 bits per heavy atom. The SMILES string of the molecule is c1ccc(-c2cc(-c3cccc4oc5cc(-n6c7ccccc7c7ccccc76)ccc5c34)c3ccccc3n2)cc1.c1ccc(-c2ccc3c4ccccc4n(-c4ccc5c(c4)oc4cccc(-c6cc(-c7ccccc7)nc7ccccc67)c45)c3c2)cc1.c1ccc(-c2nc(-c3cccc4oc5cc(-n6c7ccccc7c7cc(-c8ccc9oc%10ccccc%10c9c8)ccc76)ccc5c34)c3ccccc3n2)cc1. The minimum Gasteiger partial charge on any atom is -0.456 e. The Balaban J connectivity index is 0.000000104. The predicted molar refractivity (Wildman–Crippen MR) is 599 cm³/mol. The Labute approximate surface area is 829 Å². The largest absolute Gasteiger partial charge is 0.456 e. The number of benzene rings is 21. The minimum atomic E-state index is 0.700. The number of pyridine rings is 2. The Morgan fingerprint density at radius 1 is 0.152 bits per heavy atom. The van der Waals surface area contributed by atoms with Crippen LogP contribution in [0.25, 0.3) is 293 Å². The summed E-state index contributed by atoms with van der Waals surface area (Å²) in [4.78, 5) is 20.2. The van der Waals surface area contributed by atoms with Gasteiger partial charge in [0.05, 0.1) is 66.7 Å². The summed E-state index contributed by atoms with van der Waals surface area (Å²) in [5.74, 6) is 0.700. The smallest absolute Gasteiger partial charge is 0.160 e. The summed E-state index contributed by atoms with van der Waals surface area (Å²) in [6.07, 6.45) is 0. The molecular formula is C134H81N7O4. The van der Waals surface area contributed by atoms with Crippen LogP contribution >= 0.6 is 0 Å². The lowest BCUT2D eigenvalue weighted by atomic mass is 9.94. The summed E-state index contributed by atoms with van der Waals surface area (Å²) in [6.45, 7) is 0. The first-order valence-electron chi connectivity index (χ1n) is 49.0. The highest BCUT2D eigenvalue weighted by molar-refractivity contribution is 6.21. The lowest BCUT2D eigenvalue weighted by Crippen LogP contribution is -1.95. The number of hydrogen-bond acceptors (Lipinski definition) is 8. The Hall–Kier alpha value is -19.6. The van der Waals surface area contributed by atoms with E-state index in [1.165, 1.54) is 65.5 Å². The highest BCUT2D eigenvalue weighted by atomic mass is 16.3. The van der Waals surface area contributed by atoms with Gasteiger partial charge in [-0.25, -0.2) is 19.9 Å². The van der Waals surface area contributed by atoms with Crippen LogP contribution in [0, 0.1) is 0 Å². The van der Waals surface area contributed by atoms with E-state index >= 15 is 0 Å². The summed E-state index contributed by atoms with van der Waals surface area (Å²) in [7, 11) is 0. The zero-order valence-electron chi connectivity index (χ0n) is 78.0. The minimum absolute atomic E-state index is 0.700. The Morgan fingerprint density at radius 3 is 0.979 bits per heavy atom. The molecule has 0 spiro atoms. The van der Waals surface area contributed by atoms with Crippen molar-refractivity contribution >= 4 is 186 Å². The van der Waals surface area contributed by atoms with Gasteiger partial charge in [0.1, 0.15) is 44.7 Å². The molecule has 31 rings (SSSR count). The third kappa shape index (κ3) is 13.7. The van der Waals surface area contributed by atoms with E-state index in [0.29, 0.717) is 5.82 Å². The van der Waals surface area contributed by atoms with Crippen LogP contribution in [0.1, 0.15) is 0 Å². The van der Waals surface area contributed by atoms with Crippen LogP contribution in [0.3, 0.4) is 0 Å². The second kappa shape index (κ2) is 33.6. The molecule has 0 saturated heterocycles. The Bertz CT molecular complexity index is 10600. The maximum Gasteiger partial charge on any atom is 0.160 e. The predicted octanol–water partition coefficient (Wildman–Crippen LogP) is 36.3. The van der Waals surface area contributed by atoms with Crippen LogP contribution in [0.2, 0.25) is 0 Å². The zero-order chi connectivity index (χ0) is 95.3. The lowest BCUT2D eigenvalue weighted by Gasteiger charge is -2.12. The molecule has 31 aromatic rings. The quantitative estimate of drug-likeness (QED) is 0.126. The summed E-state index contributed by atoms with van der Waals surface area (Å²) >= 11 is 0. The van der Waals surface area contributed by atoms with Crippen molar-refractivity contribution in [1.29, 1.82) is 0 Å². The van der Waals surface area contributed by atoms with Crippen molar-refractivity contribution < 1.29 is 17.7 Å². The van der Waals surface area contributed by atoms with Gasteiger partial charge in [-0.05, 0) is 190 Å². The molecule has 21 aromatic carbocycles. The van der Waals surface area contributed by atoms with Crippen molar-refractivity contribution in [3.05, 3.63) is 491 Å². The van der Waals surface area contributed by atoms with Crippen LogP contribution in [-0.4, -0.2) is 33.6 Å². The first-order valence-corrected chi connectivity index (χ1v) is 49.0. The van der Waals surface area contributed by atoms with Crippen LogP contribution in [0.4, 0.5) is 0 Å². The molecule has 0 unspecified atom stereocenters. The third-order valence-corrected chi connectivity index (χ3v) is 29.0. The zero-order valence-corrected chi connectivity index (χ0v) is 78.0. The molecule has 145 heavy (non-hydrogen) atoms. The molecule has 10 heterocycles. The molecule has 0 fully saturated rings. The second-order valence-corrected chi connectivity index (χ2v) is 37.3. The van der Waals surface area contributed by atoms with Gasteiger partial charge in [-0.1, -0.05) is 328 Å². The normalized spacial score (nSPS) is 11.9. The fraction of sp³-hybridized carbons (Fsp3) is 0. The van der Waals surface area contributed by atoms with Gasteiger partial charge < -0.3 is 31.4 Å². The number of hydrogen-bond donors (Lipinski definition) is 0. The molecule has 0 atom stereocenters. The number of para-hydroxylation sites is 8. The van der Waals surface area contributed by atoms with E-state index < -0.39 is 0 Å². The number of furan rings is 4. The van der Waals surface area contributed by atoms with Gasteiger partial charge in [0, 0.05) is 149 Å². The monoisotopic (exact) mass is 1850 g/mol. The third-order valence-electron chi connectivity index (χ3n) is 29.0. The van der Waals surface area contributed by atoms with E-state index in [1.54, 1.807) is 0 Å². The number of fused-ring (bicyclic) bond motifs is 24. The molecule has 0 aliphatic heterocycles. The van der Waals surface area contributed by atoms with Gasteiger partial charge in [0.2, 0.25) is 0 Å². The van der Waals surface area contributed by atoms with E-state index in [2.05, 4.69) is 444 Å². The molecule has 0 saturated carbocycles. The summed E-state index contributed by atoms with van der Waals surface area (Å²) in [5.41, 5.74) is 36.3. The lowest BCUT2D eigenvalue weighted by molar-refractivity contribution is 0.668. The number of aromatic nitrogens is 7. The van der Waals surface area contributed by atoms with Crippen LogP contribution in [0.5, 0.6) is 0 Å². The first-order chi connectivity index (χ1) is 71.9. The molecule has 11 nitrogen and oxygen atoms in total. The average Bonchev–Trinajstić information content (AvgIpc) is 1.60. The maximum atomic E-state index is 6.68.